The lowest BCUT2D eigenvalue weighted by Gasteiger charge is -2.22. The average Bonchev–Trinajstić information content (AvgIpc) is 2.97. The summed E-state index contributed by atoms with van der Waals surface area (Å²) in [5, 5.41) is 11.4. The molecule has 112 valence electrons. The number of carbonyl (C=O) groups is 1. The Morgan fingerprint density at radius 2 is 2.30 bits per heavy atom. The van der Waals surface area contributed by atoms with Crippen molar-refractivity contribution in [3.05, 3.63) is 11.9 Å². The van der Waals surface area contributed by atoms with Gasteiger partial charge in [0.05, 0.1) is 18.8 Å². The lowest BCUT2D eigenvalue weighted by atomic mass is 10.1. The van der Waals surface area contributed by atoms with Crippen LogP contribution in [0.15, 0.2) is 6.20 Å². The Kier molecular flexibility index (Phi) is 5.49. The molecule has 1 aromatic heterocycles. The summed E-state index contributed by atoms with van der Waals surface area (Å²) < 4.78 is 7.07. The summed E-state index contributed by atoms with van der Waals surface area (Å²) in [7, 11) is 1.75. The van der Waals surface area contributed by atoms with Gasteiger partial charge in [0.1, 0.15) is 0 Å². The Morgan fingerprint density at radius 3 is 3.00 bits per heavy atom. The molecule has 1 fully saturated rings. The van der Waals surface area contributed by atoms with E-state index in [2.05, 4.69) is 15.6 Å². The first-order chi connectivity index (χ1) is 9.72. The number of aromatic nitrogens is 3. The second kappa shape index (κ2) is 7.35. The monoisotopic (exact) mass is 281 g/mol. The van der Waals surface area contributed by atoms with E-state index in [-0.39, 0.29) is 5.91 Å². The summed E-state index contributed by atoms with van der Waals surface area (Å²) in [4.78, 5) is 13.8. The summed E-state index contributed by atoms with van der Waals surface area (Å²) in [6.07, 6.45) is 3.81. The zero-order chi connectivity index (χ0) is 14.4. The van der Waals surface area contributed by atoms with Gasteiger partial charge < -0.3 is 15.0 Å². The van der Waals surface area contributed by atoms with Crippen molar-refractivity contribution in [2.24, 2.45) is 0 Å². The van der Waals surface area contributed by atoms with Crippen LogP contribution >= 0.6 is 0 Å². The molecule has 1 aliphatic rings. The van der Waals surface area contributed by atoms with E-state index in [4.69, 9.17) is 4.74 Å². The Balaban J connectivity index is 1.91. The van der Waals surface area contributed by atoms with Crippen molar-refractivity contribution in [3.63, 3.8) is 0 Å². The molecule has 0 aromatic carbocycles. The molecule has 0 bridgehead atoms. The first-order valence-corrected chi connectivity index (χ1v) is 7.18. The molecule has 0 radical (unpaired) electrons. The van der Waals surface area contributed by atoms with Crippen molar-refractivity contribution < 1.29 is 9.53 Å². The van der Waals surface area contributed by atoms with Gasteiger partial charge in [-0.3, -0.25) is 4.79 Å². The predicted molar refractivity (Wildman–Crippen MR) is 74.6 cm³/mol. The van der Waals surface area contributed by atoms with Crippen LogP contribution in [-0.4, -0.2) is 65.7 Å². The van der Waals surface area contributed by atoms with Gasteiger partial charge in [-0.15, -0.1) is 5.10 Å². The molecular weight excluding hydrogens is 258 g/mol. The highest BCUT2D eigenvalue weighted by Gasteiger charge is 2.20. The summed E-state index contributed by atoms with van der Waals surface area (Å²) in [6, 6.07) is 0.346. The van der Waals surface area contributed by atoms with E-state index in [1.807, 2.05) is 11.6 Å². The molecule has 2 rings (SSSR count). The third-order valence-electron chi connectivity index (χ3n) is 3.53. The number of ether oxygens (including phenoxy) is 1. The van der Waals surface area contributed by atoms with Crippen molar-refractivity contribution in [1.29, 1.82) is 0 Å². The zero-order valence-corrected chi connectivity index (χ0v) is 12.2. The lowest BCUT2D eigenvalue weighted by molar-refractivity contribution is 0.0704. The van der Waals surface area contributed by atoms with Crippen molar-refractivity contribution in [2.75, 3.05) is 39.9 Å². The standard InChI is InChI=1S/C13H23N5O2/c1-3-20-9-8-17(2)13(19)12-10-18(16-15-12)11-4-6-14-7-5-11/h10-11,14H,3-9H2,1-2H3. The van der Waals surface area contributed by atoms with Gasteiger partial charge in [0.2, 0.25) is 0 Å². The highest BCUT2D eigenvalue weighted by atomic mass is 16.5. The third-order valence-corrected chi connectivity index (χ3v) is 3.53. The number of rotatable bonds is 6. The minimum absolute atomic E-state index is 0.107. The molecule has 20 heavy (non-hydrogen) atoms. The van der Waals surface area contributed by atoms with Crippen LogP contribution in [0.2, 0.25) is 0 Å². The molecule has 1 aliphatic heterocycles. The van der Waals surface area contributed by atoms with E-state index in [0.29, 0.717) is 31.5 Å². The van der Waals surface area contributed by atoms with E-state index in [1.54, 1.807) is 18.1 Å². The molecule has 7 heteroatoms. The quantitative estimate of drug-likeness (QED) is 0.760. The third kappa shape index (κ3) is 3.77. The molecule has 0 atom stereocenters. The molecule has 1 aromatic rings. The lowest BCUT2D eigenvalue weighted by Crippen LogP contribution is -2.30. The molecule has 0 unspecified atom stereocenters. The number of nitrogens with zero attached hydrogens (tertiary/aromatic N) is 4. The van der Waals surface area contributed by atoms with Gasteiger partial charge in [-0.25, -0.2) is 4.68 Å². The van der Waals surface area contributed by atoms with Crippen LogP contribution in [0.3, 0.4) is 0 Å². The maximum Gasteiger partial charge on any atom is 0.275 e. The Morgan fingerprint density at radius 1 is 1.55 bits per heavy atom. The van der Waals surface area contributed by atoms with Gasteiger partial charge in [-0.1, -0.05) is 5.21 Å². The van der Waals surface area contributed by atoms with Crippen molar-refractivity contribution in [2.45, 2.75) is 25.8 Å². The smallest absolute Gasteiger partial charge is 0.275 e. The Hall–Kier alpha value is -1.47. The van der Waals surface area contributed by atoms with Crippen LogP contribution in [0.25, 0.3) is 0 Å². The number of hydrogen-bond acceptors (Lipinski definition) is 5. The van der Waals surface area contributed by atoms with E-state index in [9.17, 15) is 4.79 Å². The molecule has 0 saturated carbocycles. The maximum absolute atomic E-state index is 12.2. The molecular formula is C13H23N5O2. The van der Waals surface area contributed by atoms with E-state index in [0.717, 1.165) is 25.9 Å². The first-order valence-electron chi connectivity index (χ1n) is 7.18. The largest absolute Gasteiger partial charge is 0.380 e. The van der Waals surface area contributed by atoms with Crippen LogP contribution in [0.5, 0.6) is 0 Å². The number of nitrogens with one attached hydrogen (secondary N) is 1. The summed E-state index contributed by atoms with van der Waals surface area (Å²) in [6.45, 7) is 5.68. The molecule has 2 heterocycles. The topological polar surface area (TPSA) is 72.3 Å². The van der Waals surface area contributed by atoms with Crippen LogP contribution < -0.4 is 5.32 Å². The van der Waals surface area contributed by atoms with Crippen LogP contribution in [-0.2, 0) is 4.74 Å². The van der Waals surface area contributed by atoms with Gasteiger partial charge in [0.25, 0.3) is 5.91 Å². The number of piperidine rings is 1. The van der Waals surface area contributed by atoms with Crippen molar-refractivity contribution >= 4 is 5.91 Å². The maximum atomic E-state index is 12.2. The minimum Gasteiger partial charge on any atom is -0.380 e. The number of likely N-dealkylation sites (N-methyl/N-ethyl adjacent to an activating group) is 1. The molecule has 0 spiro atoms. The minimum atomic E-state index is -0.107. The fourth-order valence-corrected chi connectivity index (χ4v) is 2.27. The number of amides is 1. The van der Waals surface area contributed by atoms with Crippen LogP contribution in [0, 0.1) is 0 Å². The Labute approximate surface area is 119 Å². The van der Waals surface area contributed by atoms with Crippen molar-refractivity contribution in [3.8, 4) is 0 Å². The van der Waals surface area contributed by atoms with Crippen LogP contribution in [0.4, 0.5) is 0 Å². The fourth-order valence-electron chi connectivity index (χ4n) is 2.27. The normalized spacial score (nSPS) is 16.3. The zero-order valence-electron chi connectivity index (χ0n) is 12.2. The summed E-state index contributed by atoms with van der Waals surface area (Å²) >= 11 is 0. The molecule has 0 aliphatic carbocycles. The Bertz CT molecular complexity index is 428. The highest BCUT2D eigenvalue weighted by Crippen LogP contribution is 2.17. The highest BCUT2D eigenvalue weighted by molar-refractivity contribution is 5.91. The first kappa shape index (κ1) is 14.9. The second-order valence-electron chi connectivity index (χ2n) is 4.99. The summed E-state index contributed by atoms with van der Waals surface area (Å²) in [5.74, 6) is -0.107. The fraction of sp³-hybridized carbons (Fsp3) is 0.769. The van der Waals surface area contributed by atoms with Gasteiger partial charge >= 0.3 is 0 Å². The van der Waals surface area contributed by atoms with Gasteiger partial charge in [-0.05, 0) is 32.9 Å². The number of carbonyl (C=O) groups excluding carboxylic acids is 1. The van der Waals surface area contributed by atoms with E-state index >= 15 is 0 Å². The van der Waals surface area contributed by atoms with Crippen molar-refractivity contribution in [1.82, 2.24) is 25.2 Å². The molecule has 1 amide bonds. The van der Waals surface area contributed by atoms with E-state index in [1.165, 1.54) is 0 Å². The average molecular weight is 281 g/mol. The molecule has 1 N–H and O–H groups in total. The number of hydrogen-bond donors (Lipinski definition) is 1. The van der Waals surface area contributed by atoms with Gasteiger partial charge in [-0.2, -0.15) is 0 Å². The van der Waals surface area contributed by atoms with E-state index < -0.39 is 0 Å². The van der Waals surface area contributed by atoms with Crippen LogP contribution in [0.1, 0.15) is 36.3 Å². The van der Waals surface area contributed by atoms with Gasteiger partial charge in [0, 0.05) is 20.2 Å². The van der Waals surface area contributed by atoms with Gasteiger partial charge in [0.15, 0.2) is 5.69 Å². The SMILES string of the molecule is CCOCCN(C)C(=O)c1cn(C2CCNCC2)nn1. The second-order valence-corrected chi connectivity index (χ2v) is 4.99. The predicted octanol–water partition coefficient (Wildman–Crippen LogP) is 0.311. The molecule has 7 nitrogen and oxygen atoms in total. The summed E-state index contributed by atoms with van der Waals surface area (Å²) in [5.41, 5.74) is 0.405. The molecule has 1 saturated heterocycles.